The van der Waals surface area contributed by atoms with E-state index < -0.39 is 43.0 Å². The molecule has 1 fully saturated rings. The first-order chi connectivity index (χ1) is 14.3. The Balaban J connectivity index is 1.94. The second kappa shape index (κ2) is 9.70. The lowest BCUT2D eigenvalue weighted by molar-refractivity contribution is -0.527. The van der Waals surface area contributed by atoms with E-state index >= 15 is 0 Å². The monoisotopic (exact) mass is 431 g/mol. The summed E-state index contributed by atoms with van der Waals surface area (Å²) in [7, 11) is -1.71. The quantitative estimate of drug-likeness (QED) is 0.287. The van der Waals surface area contributed by atoms with E-state index in [9.17, 15) is 25.0 Å². The molecule has 0 saturated carbocycles. The highest BCUT2D eigenvalue weighted by Crippen LogP contribution is 2.41. The van der Waals surface area contributed by atoms with Crippen molar-refractivity contribution >= 4 is 24.4 Å². The third-order valence-electron chi connectivity index (χ3n) is 5.40. The molecule has 1 unspecified atom stereocenters. The Kier molecular flexibility index (Phi) is 7.25. The van der Waals surface area contributed by atoms with Gasteiger partial charge in [0, 0.05) is 9.80 Å². The number of hydrogen-bond donors (Lipinski definition) is 4. The summed E-state index contributed by atoms with van der Waals surface area (Å²) >= 11 is 1.37. The molecular formula is C20H26BN3O5S. The first kappa shape index (κ1) is 22.4. The highest BCUT2D eigenvalue weighted by atomic mass is 32.1. The molecule has 1 aromatic heterocycles. The van der Waals surface area contributed by atoms with Gasteiger partial charge in [0.15, 0.2) is 0 Å². The minimum Gasteiger partial charge on any atom is -0.426 e. The van der Waals surface area contributed by atoms with Gasteiger partial charge in [-0.3, -0.25) is 20.2 Å². The standard InChI is InChI=1S/C20H26BN3O5S/c1-12(2)11-15(21(26)27)22-20(25)18-16(14-9-6-10-30-14)19(24(28)29)17(23-18)13-7-4-3-5-8-13/h3-10,12,15-19,23,26-27H,11H2,1-2H3,(H,22,25)/t15-,16+,17?,18+,19-/m0/s1. The van der Waals surface area contributed by atoms with Gasteiger partial charge < -0.3 is 15.4 Å². The van der Waals surface area contributed by atoms with Crippen LogP contribution < -0.4 is 10.6 Å². The van der Waals surface area contributed by atoms with Crippen molar-refractivity contribution in [2.24, 2.45) is 5.92 Å². The number of carbonyl (C=O) groups excluding carboxylic acids is 1. The summed E-state index contributed by atoms with van der Waals surface area (Å²) in [6.45, 7) is 3.83. The third kappa shape index (κ3) is 4.89. The van der Waals surface area contributed by atoms with Crippen molar-refractivity contribution in [2.45, 2.75) is 50.3 Å². The van der Waals surface area contributed by atoms with Gasteiger partial charge in [-0.1, -0.05) is 50.2 Å². The maximum Gasteiger partial charge on any atom is 0.475 e. The highest BCUT2D eigenvalue weighted by molar-refractivity contribution is 7.10. The van der Waals surface area contributed by atoms with Crippen LogP contribution in [0.3, 0.4) is 0 Å². The van der Waals surface area contributed by atoms with E-state index in [1.807, 2.05) is 37.4 Å². The second-order valence-corrected chi connectivity index (χ2v) is 8.99. The smallest absolute Gasteiger partial charge is 0.426 e. The maximum atomic E-state index is 13.2. The van der Waals surface area contributed by atoms with Crippen LogP contribution in [0, 0.1) is 16.0 Å². The fraction of sp³-hybridized carbons (Fsp3) is 0.450. The minimum atomic E-state index is -1.71. The van der Waals surface area contributed by atoms with Crippen LogP contribution in [0.15, 0.2) is 47.8 Å². The van der Waals surface area contributed by atoms with Crippen LogP contribution >= 0.6 is 11.3 Å². The molecule has 1 amide bonds. The fourth-order valence-electron chi connectivity index (χ4n) is 4.09. The molecule has 8 nitrogen and oxygen atoms in total. The van der Waals surface area contributed by atoms with Crippen molar-refractivity contribution in [1.82, 2.24) is 10.6 Å². The molecule has 1 aliphatic rings. The van der Waals surface area contributed by atoms with Crippen LogP contribution in [-0.4, -0.2) is 46.0 Å². The molecule has 1 saturated heterocycles. The first-order valence-electron chi connectivity index (χ1n) is 9.94. The Morgan fingerprint density at radius 1 is 1.27 bits per heavy atom. The molecule has 0 spiro atoms. The molecule has 160 valence electrons. The number of benzene rings is 1. The topological polar surface area (TPSA) is 125 Å². The largest absolute Gasteiger partial charge is 0.475 e. The maximum absolute atomic E-state index is 13.2. The van der Waals surface area contributed by atoms with E-state index in [2.05, 4.69) is 10.6 Å². The zero-order chi connectivity index (χ0) is 21.8. The van der Waals surface area contributed by atoms with Crippen LogP contribution in [0.2, 0.25) is 0 Å². The number of nitrogens with one attached hydrogen (secondary N) is 2. The predicted octanol–water partition coefficient (Wildman–Crippen LogP) is 1.73. The van der Waals surface area contributed by atoms with Crippen LogP contribution in [0.1, 0.15) is 42.7 Å². The molecule has 2 heterocycles. The molecule has 10 heteroatoms. The van der Waals surface area contributed by atoms with Gasteiger partial charge in [0.05, 0.1) is 11.9 Å². The Morgan fingerprint density at radius 2 is 1.97 bits per heavy atom. The zero-order valence-corrected chi connectivity index (χ0v) is 17.7. The number of rotatable bonds is 8. The minimum absolute atomic E-state index is 0.130. The number of amides is 1. The van der Waals surface area contributed by atoms with E-state index in [1.54, 1.807) is 24.3 Å². The zero-order valence-electron chi connectivity index (χ0n) is 16.8. The van der Waals surface area contributed by atoms with Gasteiger partial charge in [0.1, 0.15) is 12.1 Å². The lowest BCUT2D eigenvalue weighted by Gasteiger charge is -2.24. The molecule has 30 heavy (non-hydrogen) atoms. The lowest BCUT2D eigenvalue weighted by Crippen LogP contribution is -2.53. The molecular weight excluding hydrogens is 405 g/mol. The van der Waals surface area contributed by atoms with E-state index in [4.69, 9.17) is 0 Å². The lowest BCUT2D eigenvalue weighted by atomic mass is 9.74. The summed E-state index contributed by atoms with van der Waals surface area (Å²) < 4.78 is 0. The molecule has 4 N–H and O–H groups in total. The van der Waals surface area contributed by atoms with Gasteiger partial charge in [0.25, 0.3) is 0 Å². The molecule has 0 aliphatic carbocycles. The summed E-state index contributed by atoms with van der Waals surface area (Å²) in [5.74, 6) is -1.88. The number of nitro groups is 1. The van der Waals surface area contributed by atoms with Gasteiger partial charge >= 0.3 is 7.12 Å². The predicted molar refractivity (Wildman–Crippen MR) is 116 cm³/mol. The molecule has 2 aromatic rings. The SMILES string of the molecule is CC(C)C[C@H](NC(=O)[C@@H]1NC(c2ccccc2)[C@@H]([N+](=O)[O-])[C@@H]1c1cccs1)B(O)O. The van der Waals surface area contributed by atoms with Gasteiger partial charge in [-0.15, -0.1) is 11.3 Å². The van der Waals surface area contributed by atoms with Crippen LogP contribution in [-0.2, 0) is 4.79 Å². The van der Waals surface area contributed by atoms with Crippen LogP contribution in [0.5, 0.6) is 0 Å². The fourth-order valence-corrected chi connectivity index (χ4v) is 5.00. The van der Waals surface area contributed by atoms with Crippen LogP contribution in [0.25, 0.3) is 0 Å². The number of thiophene rings is 1. The average molecular weight is 431 g/mol. The number of carbonyl (C=O) groups is 1. The van der Waals surface area contributed by atoms with Crippen molar-refractivity contribution in [2.75, 3.05) is 0 Å². The molecule has 5 atom stereocenters. The van der Waals surface area contributed by atoms with Gasteiger partial charge in [0.2, 0.25) is 11.9 Å². The van der Waals surface area contributed by atoms with Crippen molar-refractivity contribution < 1.29 is 19.8 Å². The summed E-state index contributed by atoms with van der Waals surface area (Å²) in [5.41, 5.74) is 0.733. The van der Waals surface area contributed by atoms with E-state index in [-0.39, 0.29) is 10.8 Å². The summed E-state index contributed by atoms with van der Waals surface area (Å²) in [5, 5.41) is 39.2. The Labute approximate surface area is 179 Å². The molecule has 1 aliphatic heterocycles. The highest BCUT2D eigenvalue weighted by Gasteiger charge is 2.55. The van der Waals surface area contributed by atoms with Gasteiger partial charge in [-0.25, -0.2) is 0 Å². The normalized spacial score (nSPS) is 24.6. The number of nitrogens with zero attached hydrogens (tertiary/aromatic N) is 1. The Bertz CT molecular complexity index is 849. The molecule has 0 radical (unpaired) electrons. The van der Waals surface area contributed by atoms with Crippen molar-refractivity contribution in [3.63, 3.8) is 0 Å². The molecule has 0 bridgehead atoms. The summed E-state index contributed by atoms with van der Waals surface area (Å²) in [6, 6.07) is 10.1. The number of hydrogen-bond acceptors (Lipinski definition) is 7. The van der Waals surface area contributed by atoms with Crippen LogP contribution in [0.4, 0.5) is 0 Å². The summed E-state index contributed by atoms with van der Waals surface area (Å²) in [6.07, 6.45) is 0.376. The average Bonchev–Trinajstić information content (AvgIpc) is 3.35. The van der Waals surface area contributed by atoms with Crippen molar-refractivity contribution in [3.05, 3.63) is 68.4 Å². The van der Waals surface area contributed by atoms with E-state index in [1.165, 1.54) is 11.3 Å². The Hall–Kier alpha value is -2.27. The Morgan fingerprint density at radius 3 is 2.50 bits per heavy atom. The van der Waals surface area contributed by atoms with Gasteiger partial charge in [-0.2, -0.15) is 0 Å². The van der Waals surface area contributed by atoms with E-state index in [0.717, 1.165) is 10.4 Å². The molecule has 3 rings (SSSR count). The van der Waals surface area contributed by atoms with E-state index in [0.29, 0.717) is 6.42 Å². The van der Waals surface area contributed by atoms with Crippen molar-refractivity contribution in [1.29, 1.82) is 0 Å². The van der Waals surface area contributed by atoms with Crippen molar-refractivity contribution in [3.8, 4) is 0 Å². The molecule has 1 aromatic carbocycles. The summed E-state index contributed by atoms with van der Waals surface area (Å²) in [4.78, 5) is 25.7. The third-order valence-corrected chi connectivity index (χ3v) is 6.37. The second-order valence-electron chi connectivity index (χ2n) is 8.01. The first-order valence-corrected chi connectivity index (χ1v) is 10.8. The van der Waals surface area contributed by atoms with Gasteiger partial charge in [-0.05, 0) is 29.3 Å².